The molecule has 0 fully saturated rings. The number of aryl methyl sites for hydroxylation is 1. The fourth-order valence-corrected chi connectivity index (χ4v) is 1.28. The summed E-state index contributed by atoms with van der Waals surface area (Å²) in [6.45, 7) is 2.27. The summed E-state index contributed by atoms with van der Waals surface area (Å²) in [5.41, 5.74) is 0.768. The van der Waals surface area contributed by atoms with Crippen molar-refractivity contribution in [1.29, 1.82) is 0 Å². The number of nitro groups is 1. The van der Waals surface area contributed by atoms with Crippen molar-refractivity contribution in [1.82, 2.24) is 10.1 Å². The van der Waals surface area contributed by atoms with Crippen molar-refractivity contribution in [2.24, 2.45) is 0 Å². The van der Waals surface area contributed by atoms with Gasteiger partial charge in [0.15, 0.2) is 5.76 Å². The molecule has 0 radical (unpaired) electrons. The Morgan fingerprint density at radius 1 is 1.53 bits per heavy atom. The molecular weight excluding hydrogens is 224 g/mol. The van der Waals surface area contributed by atoms with E-state index in [1.807, 2.05) is 6.92 Å². The first-order valence-electron chi connectivity index (χ1n) is 4.91. The van der Waals surface area contributed by atoms with Crippen LogP contribution in [-0.2, 0) is 6.54 Å². The van der Waals surface area contributed by atoms with Gasteiger partial charge in [0.25, 0.3) is 5.69 Å². The predicted octanol–water partition coefficient (Wildman–Crippen LogP) is 1.90. The molecule has 0 bridgehead atoms. The largest absolute Gasteiger partial charge is 0.363 e. The van der Waals surface area contributed by atoms with Gasteiger partial charge in [-0.15, -0.1) is 0 Å². The van der Waals surface area contributed by atoms with E-state index in [1.54, 1.807) is 12.1 Å². The van der Waals surface area contributed by atoms with Crippen LogP contribution in [0, 0.1) is 17.0 Å². The monoisotopic (exact) mass is 234 g/mol. The highest BCUT2D eigenvalue weighted by Gasteiger charge is 2.05. The van der Waals surface area contributed by atoms with E-state index in [0.717, 1.165) is 5.69 Å². The lowest BCUT2D eigenvalue weighted by molar-refractivity contribution is -0.385. The minimum atomic E-state index is -0.489. The number of aromatic nitrogens is 2. The first-order chi connectivity index (χ1) is 8.15. The average molecular weight is 234 g/mol. The van der Waals surface area contributed by atoms with Crippen molar-refractivity contribution in [2.45, 2.75) is 13.5 Å². The Hall–Kier alpha value is -2.44. The zero-order valence-electron chi connectivity index (χ0n) is 9.08. The summed E-state index contributed by atoms with van der Waals surface area (Å²) < 4.78 is 5.00. The van der Waals surface area contributed by atoms with Gasteiger partial charge in [-0.2, -0.15) is 0 Å². The maximum absolute atomic E-state index is 10.4. The lowest BCUT2D eigenvalue weighted by atomic mass is 10.3. The second-order valence-electron chi connectivity index (χ2n) is 3.45. The molecule has 0 saturated heterocycles. The number of anilines is 1. The van der Waals surface area contributed by atoms with Crippen LogP contribution in [0.2, 0.25) is 0 Å². The third-order valence-corrected chi connectivity index (χ3v) is 2.08. The maximum atomic E-state index is 10.4. The zero-order chi connectivity index (χ0) is 12.3. The Morgan fingerprint density at radius 3 is 2.88 bits per heavy atom. The van der Waals surface area contributed by atoms with Crippen LogP contribution in [-0.4, -0.2) is 15.1 Å². The molecule has 0 unspecified atom stereocenters. The van der Waals surface area contributed by atoms with Crippen LogP contribution in [0.5, 0.6) is 0 Å². The van der Waals surface area contributed by atoms with Gasteiger partial charge in [0.2, 0.25) is 0 Å². The standard InChI is InChI=1S/C10H10N4O3/c1-7-4-9(17-13-7)6-12-10-3-2-8(5-11-10)14(15)16/h2-5H,6H2,1H3,(H,11,12). The molecule has 0 atom stereocenters. The molecular formula is C10H10N4O3. The third kappa shape index (κ3) is 2.77. The summed E-state index contributed by atoms with van der Waals surface area (Å²) in [5, 5.41) is 17.1. The number of pyridine rings is 1. The van der Waals surface area contributed by atoms with Crippen LogP contribution in [0.3, 0.4) is 0 Å². The van der Waals surface area contributed by atoms with Crippen molar-refractivity contribution in [2.75, 3.05) is 5.32 Å². The number of nitrogens with zero attached hydrogens (tertiary/aromatic N) is 3. The molecule has 0 saturated carbocycles. The summed E-state index contributed by atoms with van der Waals surface area (Å²) in [6.07, 6.45) is 1.20. The SMILES string of the molecule is Cc1cc(CNc2ccc([N+](=O)[O-])cn2)on1. The van der Waals surface area contributed by atoms with Gasteiger partial charge in [0, 0.05) is 12.1 Å². The molecule has 2 rings (SSSR count). The van der Waals surface area contributed by atoms with Gasteiger partial charge in [-0.3, -0.25) is 10.1 Å². The Morgan fingerprint density at radius 2 is 2.35 bits per heavy atom. The third-order valence-electron chi connectivity index (χ3n) is 2.08. The van der Waals surface area contributed by atoms with Gasteiger partial charge >= 0.3 is 0 Å². The number of rotatable bonds is 4. The molecule has 0 aliphatic rings. The maximum Gasteiger partial charge on any atom is 0.287 e. The van der Waals surface area contributed by atoms with Crippen molar-refractivity contribution in [3.63, 3.8) is 0 Å². The molecule has 7 nitrogen and oxygen atoms in total. The van der Waals surface area contributed by atoms with Crippen molar-refractivity contribution in [3.8, 4) is 0 Å². The fourth-order valence-electron chi connectivity index (χ4n) is 1.28. The van der Waals surface area contributed by atoms with Crippen molar-refractivity contribution >= 4 is 11.5 Å². The highest BCUT2D eigenvalue weighted by atomic mass is 16.6. The molecule has 0 aliphatic carbocycles. The lowest BCUT2D eigenvalue weighted by Gasteiger charge is -2.01. The summed E-state index contributed by atoms with van der Waals surface area (Å²) in [5.74, 6) is 1.23. The van der Waals surface area contributed by atoms with Gasteiger partial charge in [0.1, 0.15) is 12.0 Å². The fraction of sp³-hybridized carbons (Fsp3) is 0.200. The molecule has 0 aliphatic heterocycles. The van der Waals surface area contributed by atoms with Crippen LogP contribution in [0.1, 0.15) is 11.5 Å². The van der Waals surface area contributed by atoms with Gasteiger partial charge in [-0.05, 0) is 13.0 Å². The molecule has 2 aromatic rings. The molecule has 0 aromatic carbocycles. The van der Waals surface area contributed by atoms with E-state index in [2.05, 4.69) is 15.5 Å². The summed E-state index contributed by atoms with van der Waals surface area (Å²) in [7, 11) is 0. The van der Waals surface area contributed by atoms with E-state index < -0.39 is 4.92 Å². The van der Waals surface area contributed by atoms with E-state index >= 15 is 0 Å². The molecule has 0 spiro atoms. The van der Waals surface area contributed by atoms with Crippen LogP contribution in [0.25, 0.3) is 0 Å². The van der Waals surface area contributed by atoms with E-state index in [0.29, 0.717) is 18.1 Å². The lowest BCUT2D eigenvalue weighted by Crippen LogP contribution is -2.00. The highest BCUT2D eigenvalue weighted by Crippen LogP contribution is 2.12. The molecule has 2 heterocycles. The predicted molar refractivity (Wildman–Crippen MR) is 59.5 cm³/mol. The minimum absolute atomic E-state index is 0.0361. The Bertz CT molecular complexity index is 521. The van der Waals surface area contributed by atoms with E-state index in [1.165, 1.54) is 12.3 Å². The quantitative estimate of drug-likeness (QED) is 0.641. The second kappa shape index (κ2) is 4.60. The topological polar surface area (TPSA) is 94.1 Å². The first kappa shape index (κ1) is 11.1. The van der Waals surface area contributed by atoms with Gasteiger partial charge in [-0.1, -0.05) is 5.16 Å². The number of nitrogens with one attached hydrogen (secondary N) is 1. The van der Waals surface area contributed by atoms with Gasteiger partial charge < -0.3 is 9.84 Å². The van der Waals surface area contributed by atoms with Crippen LogP contribution in [0.4, 0.5) is 11.5 Å². The smallest absolute Gasteiger partial charge is 0.287 e. The average Bonchev–Trinajstić information content (AvgIpc) is 2.73. The Balaban J connectivity index is 1.97. The van der Waals surface area contributed by atoms with Gasteiger partial charge in [-0.25, -0.2) is 4.98 Å². The zero-order valence-corrected chi connectivity index (χ0v) is 9.08. The summed E-state index contributed by atoms with van der Waals surface area (Å²) >= 11 is 0. The second-order valence-corrected chi connectivity index (χ2v) is 3.45. The van der Waals surface area contributed by atoms with E-state index in [4.69, 9.17) is 4.52 Å². The number of hydrogen-bond donors (Lipinski definition) is 1. The first-order valence-corrected chi connectivity index (χ1v) is 4.91. The minimum Gasteiger partial charge on any atom is -0.363 e. The van der Waals surface area contributed by atoms with Gasteiger partial charge in [0.05, 0.1) is 17.2 Å². The molecule has 1 N–H and O–H groups in total. The summed E-state index contributed by atoms with van der Waals surface area (Å²) in [4.78, 5) is 13.8. The molecule has 7 heteroatoms. The molecule has 0 amide bonds. The van der Waals surface area contributed by atoms with E-state index in [-0.39, 0.29) is 5.69 Å². The Labute approximate surface area is 96.6 Å². The Kier molecular flexibility index (Phi) is 2.99. The molecule has 2 aromatic heterocycles. The van der Waals surface area contributed by atoms with Crippen molar-refractivity contribution in [3.05, 3.63) is 46.0 Å². The van der Waals surface area contributed by atoms with Crippen LogP contribution < -0.4 is 5.32 Å². The van der Waals surface area contributed by atoms with Crippen molar-refractivity contribution < 1.29 is 9.45 Å². The molecule has 17 heavy (non-hydrogen) atoms. The van der Waals surface area contributed by atoms with E-state index in [9.17, 15) is 10.1 Å². The van der Waals surface area contributed by atoms with Crippen LogP contribution in [0.15, 0.2) is 28.9 Å². The summed E-state index contributed by atoms with van der Waals surface area (Å²) in [6, 6.07) is 4.74. The van der Waals surface area contributed by atoms with Crippen LogP contribution >= 0.6 is 0 Å². The highest BCUT2D eigenvalue weighted by molar-refractivity contribution is 5.40. The molecule has 88 valence electrons. The number of hydrogen-bond acceptors (Lipinski definition) is 6. The normalized spacial score (nSPS) is 10.2.